The van der Waals surface area contributed by atoms with Gasteiger partial charge in [-0.1, -0.05) is 4.57 Å². The first-order valence-corrected chi connectivity index (χ1v) is 2.79. The van der Waals surface area contributed by atoms with Crippen molar-refractivity contribution in [1.29, 1.82) is 0 Å². The van der Waals surface area contributed by atoms with Gasteiger partial charge in [-0.25, -0.2) is 0 Å². The molecule has 0 aliphatic heterocycles. The largest absolute Gasteiger partial charge is 0.408 e. The van der Waals surface area contributed by atoms with Crippen LogP contribution in [0, 0.1) is 0 Å². The molecule has 0 bridgehead atoms. The van der Waals surface area contributed by atoms with Crippen LogP contribution in [0.25, 0.3) is 0 Å². The average Bonchev–Trinajstić information content (AvgIpc) is 0.811. The number of rotatable bonds is 0. The molecule has 0 saturated carbocycles. The summed E-state index contributed by atoms with van der Waals surface area (Å²) in [6, 6.07) is 0. The van der Waals surface area contributed by atoms with E-state index < -0.39 is 7.23 Å². The van der Waals surface area contributed by atoms with Gasteiger partial charge in [0.05, 0.1) is 0 Å². The van der Waals surface area contributed by atoms with Gasteiger partial charge in [0.2, 0.25) is 0 Å². The van der Waals surface area contributed by atoms with Gasteiger partial charge < -0.3 is 12.2 Å². The van der Waals surface area contributed by atoms with Crippen LogP contribution in [0.5, 0.6) is 0 Å². The quantitative estimate of drug-likeness (QED) is 0.310. The molecule has 0 spiro atoms. The van der Waals surface area contributed by atoms with Crippen molar-refractivity contribution in [3.63, 3.8) is 0 Å². The third-order valence-corrected chi connectivity index (χ3v) is 0. The van der Waals surface area contributed by atoms with Gasteiger partial charge in [0.15, 0.2) is 0 Å². The fourth-order valence-corrected chi connectivity index (χ4v) is 0. The molecule has 7 heavy (non-hydrogen) atoms. The zero-order chi connectivity index (χ0) is 3.58. The molecule has 1 N–H and O–H groups in total. The van der Waals surface area contributed by atoms with E-state index in [1.54, 1.807) is 0 Å². The maximum atomic E-state index is 8.96. The van der Waals surface area contributed by atoms with Crippen LogP contribution in [0.15, 0.2) is 0 Å². The van der Waals surface area contributed by atoms with E-state index in [9.17, 15) is 0 Å². The summed E-state index contributed by atoms with van der Waals surface area (Å²) in [5, 5.41) is 0. The van der Waals surface area contributed by atoms with Crippen LogP contribution >= 0.6 is 19.6 Å². The second-order valence-corrected chi connectivity index (χ2v) is 1.65. The van der Waals surface area contributed by atoms with Gasteiger partial charge in [0.25, 0.3) is 0 Å². The molecule has 7 heteroatoms. The van der Waals surface area contributed by atoms with Crippen LogP contribution in [0.3, 0.4) is 0 Å². The molecule has 0 aromatic carbocycles. The average molecular weight is 168 g/mol. The van der Waals surface area contributed by atoms with Crippen LogP contribution < -0.4 is 0 Å². The molecule has 1 unspecified atom stereocenters. The molecule has 0 aliphatic carbocycles. The number of hydrogen-bond donors (Lipinski definition) is 1. The molecule has 2 nitrogen and oxygen atoms in total. The Hall–Kier alpha value is 1.51. The van der Waals surface area contributed by atoms with Gasteiger partial charge in [0.1, 0.15) is 0 Å². The molecule has 0 amide bonds. The fraction of sp³-hybridized carbons (Fsp3) is 0. The minimum atomic E-state index is -2.29. The first kappa shape index (κ1) is 23.6. The Balaban J connectivity index is -0.0000000150. The van der Waals surface area contributed by atoms with Crippen LogP contribution in [-0.4, -0.2) is 34.7 Å². The standard InChI is InChI=1S/ClH.Li.HO2PS.Si/c;;1-3(2)4;/h1H;;(H,1,2,4);. The molecule has 0 aromatic rings. The van der Waals surface area contributed by atoms with Crippen molar-refractivity contribution in [3.05, 3.63) is 0 Å². The van der Waals surface area contributed by atoms with Crippen LogP contribution in [-0.2, 0) is 16.8 Å². The fourth-order valence-electron chi connectivity index (χ4n) is 0. The number of hydrogen-bond acceptors (Lipinski definition) is 2. The molecule has 0 saturated heterocycles. The molecular weight excluding hydrogens is 166 g/mol. The first-order valence-electron chi connectivity index (χ1n) is 0.565. The summed E-state index contributed by atoms with van der Waals surface area (Å²) in [4.78, 5) is 7.38. The van der Waals surface area contributed by atoms with E-state index in [1.807, 2.05) is 0 Å². The molecule has 5 radical (unpaired) electrons. The molecule has 37 valence electrons. The molecule has 0 heterocycles. The normalized spacial score (nSPS) is 6.29. The molecule has 0 fully saturated rings. The smallest absolute Gasteiger partial charge is 0.369 e. The second kappa shape index (κ2) is 15.6. The van der Waals surface area contributed by atoms with Crippen LogP contribution in [0.2, 0.25) is 0 Å². The number of halogens is 1. The van der Waals surface area contributed by atoms with Gasteiger partial charge in [-0.3, -0.25) is 0 Å². The third-order valence-electron chi connectivity index (χ3n) is 0. The summed E-state index contributed by atoms with van der Waals surface area (Å²) in [5.41, 5.74) is 0. The molecule has 1 atom stereocenters. The molecule has 0 aliphatic rings. The molecular formula is H2ClLiO2PSSi. The SMILES string of the molecule is Cl.O=[P+](O)[S-].[Li].[Si]. The Morgan fingerprint density at radius 2 is 1.57 bits per heavy atom. The third kappa shape index (κ3) is 99.6. The summed E-state index contributed by atoms with van der Waals surface area (Å²) in [5.74, 6) is 0. The van der Waals surface area contributed by atoms with Crippen molar-refractivity contribution in [2.75, 3.05) is 0 Å². The van der Waals surface area contributed by atoms with Crippen molar-refractivity contribution in [3.8, 4) is 0 Å². The zero-order valence-corrected chi connectivity index (χ0v) is 7.15. The summed E-state index contributed by atoms with van der Waals surface area (Å²) < 4.78 is 8.96. The van der Waals surface area contributed by atoms with Gasteiger partial charge in [-0.05, 0) is 0 Å². The van der Waals surface area contributed by atoms with E-state index in [1.165, 1.54) is 0 Å². The summed E-state index contributed by atoms with van der Waals surface area (Å²) in [7, 11) is -2.29. The predicted molar refractivity (Wildman–Crippen MR) is 35.9 cm³/mol. The van der Waals surface area contributed by atoms with Gasteiger partial charge in [-0.15, -0.1) is 12.4 Å². The maximum absolute atomic E-state index is 8.96. The summed E-state index contributed by atoms with van der Waals surface area (Å²) >= 11 is 3.69. The van der Waals surface area contributed by atoms with Crippen molar-refractivity contribution in [1.82, 2.24) is 0 Å². The minimum absolute atomic E-state index is 0. The Morgan fingerprint density at radius 1 is 1.57 bits per heavy atom. The van der Waals surface area contributed by atoms with Gasteiger partial charge in [-0.2, -0.15) is 4.89 Å². The minimum Gasteiger partial charge on any atom is -0.408 e. The van der Waals surface area contributed by atoms with Crippen molar-refractivity contribution in [2.24, 2.45) is 0 Å². The van der Waals surface area contributed by atoms with Crippen molar-refractivity contribution < 1.29 is 9.46 Å². The van der Waals surface area contributed by atoms with E-state index in [0.717, 1.165) is 0 Å². The Labute approximate surface area is 71.1 Å². The van der Waals surface area contributed by atoms with Crippen LogP contribution in [0.4, 0.5) is 0 Å². The van der Waals surface area contributed by atoms with Crippen LogP contribution in [0.1, 0.15) is 0 Å². The van der Waals surface area contributed by atoms with E-state index in [-0.39, 0.29) is 42.2 Å². The van der Waals surface area contributed by atoms with E-state index in [0.29, 0.717) is 0 Å². The predicted octanol–water partition coefficient (Wildman–Crippen LogP) is -0.157. The Kier molecular flexibility index (Phi) is 52.7. The summed E-state index contributed by atoms with van der Waals surface area (Å²) in [6.45, 7) is 0. The molecule has 0 rings (SSSR count). The summed E-state index contributed by atoms with van der Waals surface area (Å²) in [6.07, 6.45) is 0. The van der Waals surface area contributed by atoms with E-state index in [4.69, 9.17) is 9.46 Å². The Morgan fingerprint density at radius 3 is 1.57 bits per heavy atom. The first-order chi connectivity index (χ1) is 1.73. The van der Waals surface area contributed by atoms with Gasteiger partial charge in [0, 0.05) is 29.8 Å². The second-order valence-electron chi connectivity index (χ2n) is 0.238. The van der Waals surface area contributed by atoms with Crippen molar-refractivity contribution in [2.45, 2.75) is 0 Å². The molecule has 0 aromatic heterocycles. The Bertz CT molecular complexity index is 40.7. The maximum Gasteiger partial charge on any atom is 0.369 e. The van der Waals surface area contributed by atoms with E-state index >= 15 is 0 Å². The topological polar surface area (TPSA) is 37.3 Å². The monoisotopic (exact) mass is 167 g/mol. The van der Waals surface area contributed by atoms with E-state index in [2.05, 4.69) is 12.2 Å². The van der Waals surface area contributed by atoms with Crippen molar-refractivity contribution >= 4 is 61.7 Å². The zero-order valence-electron chi connectivity index (χ0n) is 3.62. The van der Waals surface area contributed by atoms with Gasteiger partial charge >= 0.3 is 7.23 Å².